The third-order valence-electron chi connectivity index (χ3n) is 7.85. The topological polar surface area (TPSA) is 355 Å². The number of hydrogen-bond acceptors (Lipinski definition) is 19. The van der Waals surface area contributed by atoms with Gasteiger partial charge in [0.1, 0.15) is 73.5 Å². The minimum atomic E-state index is -5.15. The minimum Gasteiger partial charge on any atom is -0.726 e. The van der Waals surface area contributed by atoms with Gasteiger partial charge in [0.15, 0.2) is 23.7 Å². The predicted molar refractivity (Wildman–Crippen MR) is 141 cm³/mol. The van der Waals surface area contributed by atoms with Gasteiger partial charge in [-0.2, -0.15) is 0 Å². The summed E-state index contributed by atoms with van der Waals surface area (Å²) in [5.74, 6) is -3.09. The van der Waals surface area contributed by atoms with Crippen LogP contribution in [0.1, 0.15) is 26.2 Å². The van der Waals surface area contributed by atoms with Gasteiger partial charge >= 0.3 is 0 Å². The Morgan fingerprint density at radius 1 is 0.614 bits per heavy atom. The molecule has 2 fully saturated rings. The Morgan fingerprint density at radius 3 is 1.11 bits per heavy atom. The molecule has 0 spiro atoms. The van der Waals surface area contributed by atoms with Gasteiger partial charge in [-0.15, -0.1) is 0 Å². The second-order valence-electron chi connectivity index (χ2n) is 10.5. The fourth-order valence-electron chi connectivity index (χ4n) is 5.55. The van der Waals surface area contributed by atoms with Crippen molar-refractivity contribution in [3.05, 3.63) is 11.8 Å². The lowest BCUT2D eigenvalue weighted by molar-refractivity contribution is -0.0135. The fourth-order valence-corrected chi connectivity index (χ4v) is 6.61. The molecule has 0 amide bonds. The summed E-state index contributed by atoms with van der Waals surface area (Å²) in [5, 5.41) is 105. The van der Waals surface area contributed by atoms with Crippen LogP contribution in [0.2, 0.25) is 0 Å². The molecular formula is C23H42O19S2. The van der Waals surface area contributed by atoms with Crippen LogP contribution in [0, 0.1) is 35.5 Å². The maximum Gasteiger partial charge on any atom is 0.218 e. The van der Waals surface area contributed by atoms with Gasteiger partial charge < -0.3 is 65.3 Å². The zero-order chi connectivity index (χ0) is 34.2. The van der Waals surface area contributed by atoms with E-state index >= 15 is 0 Å². The smallest absolute Gasteiger partial charge is 0.218 e. The van der Waals surface area contributed by atoms with E-state index in [0.717, 1.165) is 0 Å². The number of rotatable bonds is 16. The lowest BCUT2D eigenvalue weighted by Crippen LogP contribution is -2.37. The predicted octanol–water partition coefficient (Wildman–Crippen LogP) is -6.38. The van der Waals surface area contributed by atoms with Crippen molar-refractivity contribution in [2.24, 2.45) is 23.7 Å². The van der Waals surface area contributed by atoms with E-state index in [2.05, 4.69) is 8.37 Å². The van der Waals surface area contributed by atoms with Crippen LogP contribution in [-0.4, -0.2) is 164 Å². The Hall–Kier alpha value is -0.960. The first-order chi connectivity index (χ1) is 20.3. The van der Waals surface area contributed by atoms with Crippen LogP contribution in [0.25, 0.3) is 0 Å². The highest BCUT2D eigenvalue weighted by Crippen LogP contribution is 2.43. The van der Waals surface area contributed by atoms with Crippen molar-refractivity contribution >= 4 is 20.8 Å². The average molecular weight is 687 g/mol. The molecule has 0 aromatic heterocycles. The summed E-state index contributed by atoms with van der Waals surface area (Å²) in [5.41, 5.74) is 0. The Labute approximate surface area is 254 Å². The summed E-state index contributed by atoms with van der Waals surface area (Å²) >= 11 is 0. The highest BCUT2D eigenvalue weighted by Gasteiger charge is 2.59. The van der Waals surface area contributed by atoms with Crippen molar-refractivity contribution in [3.63, 3.8) is 0 Å². The molecule has 2 aliphatic rings. The van der Waals surface area contributed by atoms with Gasteiger partial charge in [-0.1, -0.05) is 6.92 Å². The number of aliphatic hydroxyl groups is 11. The number of aliphatic hydroxyl groups excluding tert-OH is 11. The molecule has 2 rings (SSSR count). The Balaban J connectivity index is 0.000000440. The monoisotopic (exact) mass is 686 g/mol. The Morgan fingerprint density at radius 2 is 0.886 bits per heavy atom. The van der Waals surface area contributed by atoms with E-state index in [0.29, 0.717) is 5.92 Å². The normalized spacial score (nSPS) is 32.2. The minimum absolute atomic E-state index is 0.0363. The van der Waals surface area contributed by atoms with Crippen LogP contribution < -0.4 is 0 Å². The van der Waals surface area contributed by atoms with E-state index in [-0.39, 0.29) is 25.2 Å². The molecule has 2 saturated carbocycles. The standard InChI is InChI=1S/C12H22O9S.C11H20O10S/c1-2-10(21-22(18,19)20)9(15)3-6-7(4-13)11(16)12(17)8(6)5-14;12-2-6-5(7(3-13)11(17)10(6)16)1-8(15)9(4-14)21-22(18,19)20/h7-17H,2-5H2,1H3;6-17H,1-4H2/t7-,8-,9+,10-,11-,12-;6-,7-,8-,9+,10-,11-/m11/s1. The van der Waals surface area contributed by atoms with E-state index < -0.39 is 126 Å². The van der Waals surface area contributed by atoms with Crippen LogP contribution >= 0.6 is 0 Å². The molecule has 2 aliphatic carbocycles. The van der Waals surface area contributed by atoms with Crippen molar-refractivity contribution in [1.29, 1.82) is 0 Å². The first-order valence-electron chi connectivity index (χ1n) is 13.4. The van der Waals surface area contributed by atoms with E-state index in [1.165, 1.54) is 6.92 Å². The van der Waals surface area contributed by atoms with Crippen molar-refractivity contribution < 1.29 is 90.5 Å². The molecule has 0 bridgehead atoms. The molecule has 21 heteroatoms. The van der Waals surface area contributed by atoms with Gasteiger partial charge in [-0.3, -0.25) is 8.37 Å². The zero-order valence-electron chi connectivity index (χ0n) is 23.6. The molecule has 12 atom stereocenters. The highest BCUT2D eigenvalue weighted by molar-refractivity contribution is 7.81. The summed E-state index contributed by atoms with van der Waals surface area (Å²) in [4.78, 5) is 0. The van der Waals surface area contributed by atoms with Crippen LogP contribution in [0.5, 0.6) is 0 Å². The summed E-state index contributed by atoms with van der Waals surface area (Å²) in [7, 11) is -10.1. The van der Waals surface area contributed by atoms with Crippen LogP contribution in [-0.2, 0) is 29.2 Å². The molecule has 0 unspecified atom stereocenters. The largest absolute Gasteiger partial charge is 0.726 e. The third kappa shape index (κ3) is 11.1. The summed E-state index contributed by atoms with van der Waals surface area (Å²) in [6.07, 6.45) is -12.0. The first-order valence-corrected chi connectivity index (χ1v) is 16.1. The molecule has 19 nitrogen and oxygen atoms in total. The van der Waals surface area contributed by atoms with Crippen molar-refractivity contribution in [2.75, 3.05) is 33.0 Å². The lowest BCUT2D eigenvalue weighted by atomic mass is 9.83. The molecule has 44 heavy (non-hydrogen) atoms. The van der Waals surface area contributed by atoms with Crippen LogP contribution in [0.3, 0.4) is 0 Å². The third-order valence-corrected chi connectivity index (χ3v) is 8.82. The van der Waals surface area contributed by atoms with Gasteiger partial charge in [0.25, 0.3) is 0 Å². The van der Waals surface area contributed by atoms with Crippen molar-refractivity contribution in [1.82, 2.24) is 0 Å². The maximum absolute atomic E-state index is 10.6. The van der Waals surface area contributed by atoms with Gasteiger partial charge in [0.2, 0.25) is 20.8 Å². The molecule has 0 aliphatic heterocycles. The van der Waals surface area contributed by atoms with Crippen LogP contribution in [0.15, 0.2) is 0 Å². The molecule has 0 aromatic rings. The zero-order valence-corrected chi connectivity index (χ0v) is 25.2. The first kappa shape index (κ1) is 41.1. The average Bonchev–Trinajstić information content (AvgIpc) is 3.30. The van der Waals surface area contributed by atoms with E-state index in [1.807, 2.05) is 0 Å². The molecule has 11 N–H and O–H groups in total. The summed E-state index contributed by atoms with van der Waals surface area (Å²) in [6.45, 7) is -1.60. The second kappa shape index (κ2) is 17.8. The fraction of sp³-hybridized carbons (Fsp3) is 0.913. The quantitative estimate of drug-likeness (QED) is 0.0408. The van der Waals surface area contributed by atoms with E-state index in [4.69, 9.17) is 5.11 Å². The highest BCUT2D eigenvalue weighted by atomic mass is 32.3. The number of hydrogen-bond donors (Lipinski definition) is 11. The molecule has 0 saturated heterocycles. The molecule has 0 heterocycles. The van der Waals surface area contributed by atoms with Crippen molar-refractivity contribution in [2.45, 2.75) is 75.0 Å². The molecule has 0 radical (unpaired) electrons. The van der Waals surface area contributed by atoms with Crippen LogP contribution in [0.4, 0.5) is 0 Å². The SMILES string of the molecule is CC[C@@H](OS(=O)(=O)[O-])[C@@H](O)C[C+]1[C@@H](CO)[C@@H](O)[C@H](O)[C@@H]1CO.O=S(=O)([O-])O[C@@H](CO)[C@H](O)C[C+]1[C@@H](CO)[C@@H](O)[C@H](O)[C@@H]1CO. The second-order valence-corrected chi connectivity index (χ2v) is 12.5. The Kier molecular flexibility index (Phi) is 16.6. The summed E-state index contributed by atoms with van der Waals surface area (Å²) in [6, 6.07) is 0. The maximum atomic E-state index is 10.6. The van der Waals surface area contributed by atoms with Gasteiger partial charge in [-0.25, -0.2) is 16.8 Å². The van der Waals surface area contributed by atoms with Gasteiger partial charge in [0, 0.05) is 0 Å². The molecular weight excluding hydrogens is 644 g/mol. The lowest BCUT2D eigenvalue weighted by Gasteiger charge is -2.23. The van der Waals surface area contributed by atoms with Gasteiger partial charge in [-0.05, 0) is 6.42 Å². The molecule has 260 valence electrons. The summed E-state index contributed by atoms with van der Waals surface area (Å²) < 4.78 is 71.7. The Bertz CT molecular complexity index is 930. The van der Waals surface area contributed by atoms with Crippen molar-refractivity contribution in [3.8, 4) is 0 Å². The van der Waals surface area contributed by atoms with Gasteiger partial charge in [0.05, 0.1) is 33.0 Å². The van der Waals surface area contributed by atoms with E-state index in [1.54, 1.807) is 0 Å². The van der Waals surface area contributed by atoms with E-state index in [9.17, 15) is 77.0 Å². The molecule has 0 aromatic carbocycles.